The Balaban J connectivity index is 1.02. The van der Waals surface area contributed by atoms with Crippen LogP contribution >= 0.6 is 0 Å². The Kier molecular flexibility index (Phi) is 10.6. The van der Waals surface area contributed by atoms with Crippen LogP contribution in [0.15, 0.2) is 277 Å². The summed E-state index contributed by atoms with van der Waals surface area (Å²) in [6.45, 7) is 0. The third kappa shape index (κ3) is 7.74. The van der Waals surface area contributed by atoms with E-state index in [-0.39, 0.29) is 0 Å². The van der Waals surface area contributed by atoms with Crippen molar-refractivity contribution >= 4 is 39.0 Å². The van der Waals surface area contributed by atoms with Gasteiger partial charge in [0.2, 0.25) is 0 Å². The number of benzene rings is 11. The molecule has 0 aliphatic rings. The van der Waals surface area contributed by atoms with Gasteiger partial charge in [0.15, 0.2) is 0 Å². The van der Waals surface area contributed by atoms with E-state index in [9.17, 15) is 0 Å². The molecule has 0 N–H and O–H groups in total. The fourth-order valence-corrected chi connectivity index (χ4v) is 9.72. The molecule has 12 aromatic rings. The lowest BCUT2D eigenvalue weighted by atomic mass is 9.90. The molecule has 0 bridgehead atoms. The average molecular weight is 868 g/mol. The molecule has 0 unspecified atom stereocenters. The highest BCUT2D eigenvalue weighted by atomic mass is 16.3. The van der Waals surface area contributed by atoms with E-state index in [2.05, 4.69) is 266 Å². The van der Waals surface area contributed by atoms with E-state index in [0.29, 0.717) is 0 Å². The Labute approximate surface area is 397 Å². The molecule has 0 amide bonds. The molecule has 0 saturated heterocycles. The van der Waals surface area contributed by atoms with Crippen molar-refractivity contribution in [1.82, 2.24) is 0 Å². The van der Waals surface area contributed by atoms with Crippen LogP contribution in [0.3, 0.4) is 0 Å². The summed E-state index contributed by atoms with van der Waals surface area (Å²) in [5.41, 5.74) is 21.3. The summed E-state index contributed by atoms with van der Waals surface area (Å²) in [6, 6.07) is 98.3. The van der Waals surface area contributed by atoms with Crippen LogP contribution in [0.5, 0.6) is 0 Å². The van der Waals surface area contributed by atoms with Crippen LogP contribution in [0.1, 0.15) is 0 Å². The lowest BCUT2D eigenvalue weighted by Gasteiger charge is -2.31. The Morgan fingerprint density at radius 3 is 1.13 bits per heavy atom. The molecule has 68 heavy (non-hydrogen) atoms. The number of para-hydroxylation sites is 1. The molecule has 0 fully saturated rings. The van der Waals surface area contributed by atoms with Crippen LogP contribution in [0, 0.1) is 0 Å². The molecule has 11 aromatic carbocycles. The lowest BCUT2D eigenvalue weighted by Crippen LogP contribution is -2.13. The molecule has 0 radical (unpaired) electrons. The van der Waals surface area contributed by atoms with E-state index >= 15 is 0 Å². The zero-order valence-electron chi connectivity index (χ0n) is 37.3. The summed E-state index contributed by atoms with van der Waals surface area (Å²) in [4.78, 5) is 2.45. The second-order valence-corrected chi connectivity index (χ2v) is 17.2. The van der Waals surface area contributed by atoms with Gasteiger partial charge in [-0.3, -0.25) is 0 Å². The summed E-state index contributed by atoms with van der Waals surface area (Å²) in [5.74, 6) is 0. The summed E-state index contributed by atoms with van der Waals surface area (Å²) in [6.07, 6.45) is 0. The van der Waals surface area contributed by atoms with E-state index in [1.807, 2.05) is 12.1 Å². The molecule has 0 aliphatic heterocycles. The quantitative estimate of drug-likeness (QED) is 0.136. The van der Waals surface area contributed by atoms with Gasteiger partial charge in [0, 0.05) is 27.6 Å². The van der Waals surface area contributed by atoms with Crippen LogP contribution in [0.25, 0.3) is 99.8 Å². The van der Waals surface area contributed by atoms with Crippen molar-refractivity contribution in [2.45, 2.75) is 0 Å². The van der Waals surface area contributed by atoms with Crippen LogP contribution in [0.2, 0.25) is 0 Å². The van der Waals surface area contributed by atoms with Gasteiger partial charge in [-0.1, -0.05) is 212 Å². The zero-order valence-corrected chi connectivity index (χ0v) is 37.3. The van der Waals surface area contributed by atoms with Crippen LogP contribution in [-0.2, 0) is 0 Å². The van der Waals surface area contributed by atoms with Gasteiger partial charge in [0.05, 0.1) is 11.4 Å². The van der Waals surface area contributed by atoms with Crippen molar-refractivity contribution in [3.05, 3.63) is 273 Å². The Hall–Kier alpha value is -8.98. The maximum atomic E-state index is 6.22. The number of nitrogens with zero attached hydrogens (tertiary/aromatic N) is 1. The van der Waals surface area contributed by atoms with Crippen molar-refractivity contribution in [3.63, 3.8) is 0 Å². The Morgan fingerprint density at radius 1 is 0.221 bits per heavy atom. The number of hydrogen-bond donors (Lipinski definition) is 0. The number of furan rings is 1. The minimum atomic E-state index is 0.896. The molecular formula is C66H45NO. The van der Waals surface area contributed by atoms with Crippen molar-refractivity contribution < 1.29 is 4.42 Å². The predicted molar refractivity (Wildman–Crippen MR) is 286 cm³/mol. The van der Waals surface area contributed by atoms with Crippen LogP contribution in [-0.4, -0.2) is 0 Å². The first-order chi connectivity index (χ1) is 33.7. The predicted octanol–water partition coefficient (Wildman–Crippen LogP) is 18.7. The first-order valence-corrected chi connectivity index (χ1v) is 23.2. The third-order valence-electron chi connectivity index (χ3n) is 13.1. The summed E-state index contributed by atoms with van der Waals surface area (Å²) < 4.78 is 6.22. The fraction of sp³-hybridized carbons (Fsp3) is 0. The smallest absolute Gasteiger partial charge is 0.135 e. The molecule has 0 spiro atoms. The highest BCUT2D eigenvalue weighted by Crippen LogP contribution is 2.48. The van der Waals surface area contributed by atoms with Crippen molar-refractivity contribution in [2.75, 3.05) is 4.90 Å². The van der Waals surface area contributed by atoms with Gasteiger partial charge < -0.3 is 9.32 Å². The Morgan fingerprint density at radius 2 is 0.603 bits per heavy atom. The second-order valence-electron chi connectivity index (χ2n) is 17.2. The van der Waals surface area contributed by atoms with Crippen molar-refractivity contribution in [1.29, 1.82) is 0 Å². The van der Waals surface area contributed by atoms with Gasteiger partial charge >= 0.3 is 0 Å². The largest absolute Gasteiger partial charge is 0.456 e. The highest BCUT2D eigenvalue weighted by Gasteiger charge is 2.23. The summed E-state index contributed by atoms with van der Waals surface area (Å²) in [7, 11) is 0. The van der Waals surface area contributed by atoms with Crippen molar-refractivity contribution in [3.8, 4) is 77.9 Å². The molecule has 0 saturated carbocycles. The topological polar surface area (TPSA) is 16.4 Å². The molecule has 1 aromatic heterocycles. The van der Waals surface area contributed by atoms with Gasteiger partial charge in [-0.2, -0.15) is 0 Å². The molecule has 2 heteroatoms. The number of anilines is 3. The molecular weight excluding hydrogens is 823 g/mol. The summed E-state index contributed by atoms with van der Waals surface area (Å²) in [5, 5.41) is 2.25. The molecule has 0 aliphatic carbocycles. The molecule has 1 heterocycles. The second kappa shape index (κ2) is 17.8. The van der Waals surface area contributed by atoms with Gasteiger partial charge in [-0.25, -0.2) is 0 Å². The maximum absolute atomic E-state index is 6.22. The Bertz CT molecular complexity index is 3570. The van der Waals surface area contributed by atoms with E-state index in [1.165, 1.54) is 38.9 Å². The maximum Gasteiger partial charge on any atom is 0.135 e. The minimum absolute atomic E-state index is 0.896. The molecule has 0 atom stereocenters. The lowest BCUT2D eigenvalue weighted by molar-refractivity contribution is 0.669. The minimum Gasteiger partial charge on any atom is -0.456 e. The van der Waals surface area contributed by atoms with Gasteiger partial charge in [-0.05, 0) is 127 Å². The van der Waals surface area contributed by atoms with Crippen LogP contribution in [0.4, 0.5) is 17.1 Å². The number of rotatable bonds is 10. The van der Waals surface area contributed by atoms with E-state index in [0.717, 1.165) is 77.9 Å². The number of hydrogen-bond acceptors (Lipinski definition) is 2. The fourth-order valence-electron chi connectivity index (χ4n) is 9.72. The highest BCUT2D eigenvalue weighted by molar-refractivity contribution is 6.07. The van der Waals surface area contributed by atoms with E-state index in [4.69, 9.17) is 4.42 Å². The summed E-state index contributed by atoms with van der Waals surface area (Å²) >= 11 is 0. The average Bonchev–Trinajstić information content (AvgIpc) is 3.80. The van der Waals surface area contributed by atoms with Crippen molar-refractivity contribution in [2.24, 2.45) is 0 Å². The third-order valence-corrected chi connectivity index (χ3v) is 13.1. The van der Waals surface area contributed by atoms with Gasteiger partial charge in [-0.15, -0.1) is 0 Å². The first-order valence-electron chi connectivity index (χ1n) is 23.2. The van der Waals surface area contributed by atoms with Crippen LogP contribution < -0.4 is 4.90 Å². The molecule has 12 rings (SSSR count). The molecule has 2 nitrogen and oxygen atoms in total. The molecule has 320 valence electrons. The number of fused-ring (bicyclic) bond motifs is 3. The normalized spacial score (nSPS) is 11.2. The zero-order chi connectivity index (χ0) is 45.2. The van der Waals surface area contributed by atoms with E-state index in [1.54, 1.807) is 0 Å². The SMILES string of the molecule is c1ccc(-c2ccc(N(c3ccc(-c4ccc(-c5ccc6oc7ccccc7c6c5)c(-c5ccccc5)c4)cc3)c3ccc(-c4ccccc4)cc3-c3ccccc3)c(-c3ccccc3)c2)cc1. The standard InChI is InChI=1S/C66H45NO/c1-6-18-46(19-7-1)53-33-39-63(60(43-53)50-24-12-4-13-25-50)67(64-40-34-54(47-20-8-2-9-21-47)44-61(64)51-26-14-5-15-27-51)56-36-30-48(31-37-56)52-32-38-57(59(42-52)49-22-10-3-11-23-49)55-35-41-66-62(45-55)58-28-16-17-29-65(58)68-66/h1-45H. The van der Waals surface area contributed by atoms with E-state index < -0.39 is 0 Å². The monoisotopic (exact) mass is 867 g/mol. The first kappa shape index (κ1) is 40.5. The van der Waals surface area contributed by atoms with Gasteiger partial charge in [0.1, 0.15) is 11.2 Å². The van der Waals surface area contributed by atoms with Gasteiger partial charge in [0.25, 0.3) is 0 Å².